The van der Waals surface area contributed by atoms with Gasteiger partial charge in [0.15, 0.2) is 0 Å². The van der Waals surface area contributed by atoms with Gasteiger partial charge in [0.2, 0.25) is 0 Å². The van der Waals surface area contributed by atoms with E-state index in [4.69, 9.17) is 9.84 Å². The van der Waals surface area contributed by atoms with E-state index in [1.807, 2.05) is 16.9 Å². The third-order valence-electron chi connectivity index (χ3n) is 3.18. The molecule has 1 aromatic rings. The lowest BCUT2D eigenvalue weighted by atomic mass is 10.1. The Morgan fingerprint density at radius 2 is 2.17 bits per heavy atom. The van der Waals surface area contributed by atoms with Crippen LogP contribution in [0.5, 0.6) is 0 Å². The van der Waals surface area contributed by atoms with Gasteiger partial charge >= 0.3 is 5.97 Å². The van der Waals surface area contributed by atoms with Gasteiger partial charge in [0, 0.05) is 32.0 Å². The van der Waals surface area contributed by atoms with Gasteiger partial charge in [-0.3, -0.25) is 4.68 Å². The summed E-state index contributed by atoms with van der Waals surface area (Å²) in [6.07, 6.45) is 5.66. The van der Waals surface area contributed by atoms with Crippen LogP contribution in [0.4, 0.5) is 0 Å². The Labute approximate surface area is 106 Å². The first kappa shape index (κ1) is 13.0. The molecular weight excluding hydrogens is 234 g/mol. The summed E-state index contributed by atoms with van der Waals surface area (Å²) in [4.78, 5) is 12.8. The predicted molar refractivity (Wildman–Crippen MR) is 65.3 cm³/mol. The molecule has 1 fully saturated rings. The third-order valence-corrected chi connectivity index (χ3v) is 3.18. The monoisotopic (exact) mass is 253 g/mol. The van der Waals surface area contributed by atoms with Gasteiger partial charge in [0.05, 0.1) is 12.6 Å². The standard InChI is InChI=1S/C12H19N3O3/c16-12(17)10-18-11-2-6-14(7-3-11)8-9-15-5-1-4-13-15/h1,4-5,11H,2-3,6-10H2,(H,16,17). The van der Waals surface area contributed by atoms with Crippen LogP contribution in [0.15, 0.2) is 18.5 Å². The van der Waals surface area contributed by atoms with Crippen LogP contribution >= 0.6 is 0 Å². The van der Waals surface area contributed by atoms with E-state index < -0.39 is 5.97 Å². The Bertz CT molecular complexity index is 359. The van der Waals surface area contributed by atoms with Crippen molar-refractivity contribution in [2.24, 2.45) is 0 Å². The lowest BCUT2D eigenvalue weighted by Gasteiger charge is -2.31. The first-order chi connectivity index (χ1) is 8.74. The van der Waals surface area contributed by atoms with Crippen molar-refractivity contribution in [3.8, 4) is 0 Å². The minimum Gasteiger partial charge on any atom is -0.480 e. The quantitative estimate of drug-likeness (QED) is 0.797. The number of carboxylic acids is 1. The molecule has 0 unspecified atom stereocenters. The maximum atomic E-state index is 10.4. The zero-order chi connectivity index (χ0) is 12.8. The zero-order valence-electron chi connectivity index (χ0n) is 10.4. The third kappa shape index (κ3) is 4.12. The molecule has 0 aromatic carbocycles. The minimum absolute atomic E-state index is 0.0991. The molecule has 1 saturated heterocycles. The molecule has 0 radical (unpaired) electrons. The fraction of sp³-hybridized carbons (Fsp3) is 0.667. The molecule has 6 nitrogen and oxygen atoms in total. The van der Waals surface area contributed by atoms with Crippen LogP contribution in [0.1, 0.15) is 12.8 Å². The van der Waals surface area contributed by atoms with Gasteiger partial charge in [0.25, 0.3) is 0 Å². The van der Waals surface area contributed by atoms with Crippen LogP contribution in [0.2, 0.25) is 0 Å². The number of piperidine rings is 1. The van der Waals surface area contributed by atoms with Gasteiger partial charge in [-0.1, -0.05) is 0 Å². The van der Waals surface area contributed by atoms with Crippen LogP contribution in [-0.2, 0) is 16.1 Å². The Morgan fingerprint density at radius 1 is 1.39 bits per heavy atom. The predicted octanol–water partition coefficient (Wildman–Crippen LogP) is 0.449. The molecule has 0 spiro atoms. The second-order valence-corrected chi connectivity index (χ2v) is 4.51. The number of hydrogen-bond acceptors (Lipinski definition) is 4. The zero-order valence-corrected chi connectivity index (χ0v) is 10.4. The first-order valence-electron chi connectivity index (χ1n) is 6.27. The topological polar surface area (TPSA) is 67.6 Å². The molecule has 1 aliphatic rings. The van der Waals surface area contributed by atoms with Crippen LogP contribution in [0.3, 0.4) is 0 Å². The molecule has 2 heterocycles. The summed E-state index contributed by atoms with van der Waals surface area (Å²) in [5.41, 5.74) is 0. The lowest BCUT2D eigenvalue weighted by Crippen LogP contribution is -2.39. The van der Waals surface area contributed by atoms with Gasteiger partial charge in [-0.05, 0) is 18.9 Å². The summed E-state index contributed by atoms with van der Waals surface area (Å²) in [5.74, 6) is -0.892. The largest absolute Gasteiger partial charge is 0.480 e. The van der Waals surface area contributed by atoms with Crippen molar-refractivity contribution in [3.05, 3.63) is 18.5 Å². The van der Waals surface area contributed by atoms with E-state index in [1.165, 1.54) is 0 Å². The summed E-state index contributed by atoms with van der Waals surface area (Å²) < 4.78 is 7.22. The van der Waals surface area contributed by atoms with E-state index in [1.54, 1.807) is 6.20 Å². The van der Waals surface area contributed by atoms with E-state index in [-0.39, 0.29) is 12.7 Å². The van der Waals surface area contributed by atoms with E-state index in [9.17, 15) is 4.79 Å². The number of aromatic nitrogens is 2. The van der Waals surface area contributed by atoms with Crippen molar-refractivity contribution in [2.45, 2.75) is 25.5 Å². The molecule has 18 heavy (non-hydrogen) atoms. The molecule has 0 bridgehead atoms. The van der Waals surface area contributed by atoms with Crippen LogP contribution in [-0.4, -0.2) is 58.1 Å². The van der Waals surface area contributed by atoms with E-state index in [2.05, 4.69) is 10.00 Å². The highest BCUT2D eigenvalue weighted by Gasteiger charge is 2.20. The maximum absolute atomic E-state index is 10.4. The fourth-order valence-electron chi connectivity index (χ4n) is 2.17. The second-order valence-electron chi connectivity index (χ2n) is 4.51. The Kier molecular flexibility index (Phi) is 4.72. The van der Waals surface area contributed by atoms with E-state index >= 15 is 0 Å². The van der Waals surface area contributed by atoms with Gasteiger partial charge < -0.3 is 14.7 Å². The van der Waals surface area contributed by atoms with E-state index in [0.717, 1.165) is 39.0 Å². The Hall–Kier alpha value is -1.40. The minimum atomic E-state index is -0.892. The van der Waals surface area contributed by atoms with Crippen molar-refractivity contribution in [1.29, 1.82) is 0 Å². The molecule has 1 aromatic heterocycles. The summed E-state index contributed by atoms with van der Waals surface area (Å²) in [6.45, 7) is 3.62. The summed E-state index contributed by atoms with van der Waals surface area (Å²) in [6, 6.07) is 1.92. The van der Waals surface area contributed by atoms with Crippen molar-refractivity contribution in [2.75, 3.05) is 26.2 Å². The van der Waals surface area contributed by atoms with Crippen LogP contribution in [0.25, 0.3) is 0 Å². The number of carbonyl (C=O) groups is 1. The molecular formula is C12H19N3O3. The smallest absolute Gasteiger partial charge is 0.329 e. The number of hydrogen-bond donors (Lipinski definition) is 1. The summed E-state index contributed by atoms with van der Waals surface area (Å²) in [5, 5.41) is 12.7. The van der Waals surface area contributed by atoms with Crippen molar-refractivity contribution in [3.63, 3.8) is 0 Å². The maximum Gasteiger partial charge on any atom is 0.329 e. The van der Waals surface area contributed by atoms with Crippen molar-refractivity contribution < 1.29 is 14.6 Å². The average molecular weight is 253 g/mol. The van der Waals surface area contributed by atoms with Gasteiger partial charge in [-0.25, -0.2) is 4.79 Å². The highest BCUT2D eigenvalue weighted by atomic mass is 16.5. The van der Waals surface area contributed by atoms with Crippen LogP contribution < -0.4 is 0 Å². The number of rotatable bonds is 6. The highest BCUT2D eigenvalue weighted by molar-refractivity contribution is 5.68. The molecule has 0 amide bonds. The summed E-state index contributed by atoms with van der Waals surface area (Å²) in [7, 11) is 0. The van der Waals surface area contributed by atoms with Gasteiger partial charge in [-0.2, -0.15) is 5.10 Å². The molecule has 0 atom stereocenters. The second kappa shape index (κ2) is 6.51. The Balaban J connectivity index is 1.62. The molecule has 1 aliphatic heterocycles. The molecule has 2 rings (SSSR count). The lowest BCUT2D eigenvalue weighted by molar-refractivity contribution is -0.145. The SMILES string of the molecule is O=C(O)COC1CCN(CCn2cccn2)CC1. The number of carboxylic acid groups (broad SMARTS) is 1. The van der Waals surface area contributed by atoms with Crippen molar-refractivity contribution >= 4 is 5.97 Å². The average Bonchev–Trinajstić information content (AvgIpc) is 2.88. The molecule has 6 heteroatoms. The van der Waals surface area contributed by atoms with Crippen molar-refractivity contribution in [1.82, 2.24) is 14.7 Å². The highest BCUT2D eigenvalue weighted by Crippen LogP contribution is 2.13. The summed E-state index contributed by atoms with van der Waals surface area (Å²) >= 11 is 0. The normalized spacial score (nSPS) is 18.0. The number of aliphatic carboxylic acids is 1. The number of nitrogens with zero attached hydrogens (tertiary/aromatic N) is 3. The van der Waals surface area contributed by atoms with Crippen LogP contribution in [0, 0.1) is 0 Å². The molecule has 1 N–H and O–H groups in total. The molecule has 0 saturated carbocycles. The Morgan fingerprint density at radius 3 is 2.78 bits per heavy atom. The van der Waals surface area contributed by atoms with Gasteiger partial charge in [0.1, 0.15) is 6.61 Å². The molecule has 100 valence electrons. The fourth-order valence-corrected chi connectivity index (χ4v) is 2.17. The number of ether oxygens (including phenoxy) is 1. The van der Waals surface area contributed by atoms with Gasteiger partial charge in [-0.15, -0.1) is 0 Å². The number of likely N-dealkylation sites (tertiary alicyclic amines) is 1. The van der Waals surface area contributed by atoms with E-state index in [0.29, 0.717) is 0 Å². The molecule has 0 aliphatic carbocycles. The first-order valence-corrected chi connectivity index (χ1v) is 6.27.